The van der Waals surface area contributed by atoms with Crippen molar-refractivity contribution >= 4 is 72.6 Å². The van der Waals surface area contributed by atoms with E-state index in [1.165, 1.54) is 22.8 Å². The van der Waals surface area contributed by atoms with Crippen LogP contribution in [-0.2, 0) is 14.8 Å². The summed E-state index contributed by atoms with van der Waals surface area (Å²) in [4.78, 5) is 42.7. The molecule has 17 nitrogen and oxygen atoms in total. The molecule has 5 aliphatic rings. The van der Waals surface area contributed by atoms with Crippen molar-refractivity contribution in [3.63, 3.8) is 0 Å². The molecule has 0 spiro atoms. The highest BCUT2D eigenvalue weighted by molar-refractivity contribution is 7.90. The molecular weight excluding hydrogens is 910 g/mol. The van der Waals surface area contributed by atoms with Crippen LogP contribution >= 0.6 is 11.6 Å². The lowest BCUT2D eigenvalue weighted by atomic mass is 9.72. The quantitative estimate of drug-likeness (QED) is 0.0875. The number of anilines is 4. The second-order valence-electron chi connectivity index (χ2n) is 19.2. The normalized spacial score (nSPS) is 21.1. The molecule has 5 aromatic rings. The molecule has 0 bridgehead atoms. The molecule has 0 saturated carbocycles. The van der Waals surface area contributed by atoms with Crippen LogP contribution in [0.4, 0.5) is 28.4 Å². The fourth-order valence-electron chi connectivity index (χ4n) is 10.1. The number of morpholine rings is 1. The zero-order chi connectivity index (χ0) is 47.3. The Balaban J connectivity index is 0.927. The Hall–Kier alpha value is -5.92. The molecule has 10 rings (SSSR count). The first kappa shape index (κ1) is 45.8. The van der Waals surface area contributed by atoms with E-state index in [0.717, 1.165) is 87.2 Å². The van der Waals surface area contributed by atoms with E-state index in [2.05, 4.69) is 55.7 Å². The van der Waals surface area contributed by atoms with Gasteiger partial charge in [0.1, 0.15) is 24.0 Å². The number of pyridine rings is 1. The first-order chi connectivity index (χ1) is 32.7. The average molecular weight is 967 g/mol. The van der Waals surface area contributed by atoms with Gasteiger partial charge in [-0.2, -0.15) is 4.98 Å². The van der Waals surface area contributed by atoms with Gasteiger partial charge in [-0.05, 0) is 85.2 Å². The van der Waals surface area contributed by atoms with Gasteiger partial charge in [-0.1, -0.05) is 43.2 Å². The van der Waals surface area contributed by atoms with Gasteiger partial charge in [0.25, 0.3) is 21.6 Å². The number of sulfonamides is 1. The van der Waals surface area contributed by atoms with Crippen LogP contribution in [0, 0.1) is 15.5 Å². The fourth-order valence-corrected chi connectivity index (χ4v) is 11.2. The summed E-state index contributed by atoms with van der Waals surface area (Å²) < 4.78 is 48.2. The highest BCUT2D eigenvalue weighted by Crippen LogP contribution is 2.45. The highest BCUT2D eigenvalue weighted by atomic mass is 35.5. The van der Waals surface area contributed by atoms with Crippen LogP contribution in [0.15, 0.2) is 83.4 Å². The van der Waals surface area contributed by atoms with Gasteiger partial charge in [-0.15, -0.1) is 0 Å². The summed E-state index contributed by atoms with van der Waals surface area (Å²) >= 11 is 6.28. The molecule has 1 aliphatic carbocycles. The summed E-state index contributed by atoms with van der Waals surface area (Å²) in [7, 11) is -4.67. The number of hydrogen-bond acceptors (Lipinski definition) is 14. The van der Waals surface area contributed by atoms with Crippen molar-refractivity contribution in [1.82, 2.24) is 24.5 Å². The second-order valence-corrected chi connectivity index (χ2v) is 21.4. The standard InChI is InChI=1S/C49H56ClN9O8S/c1-31-27-58(43-22-33-11-13-51-46(33)53-48(43)67-31)41-23-37(57-16-14-55(15-17-57)28-34-10-12-49(2,3)26-40(34)32-4-6-35(50)7-5-32)8-9-39(41)47(60)54-68(63,64)38-24-42(59(61)62)45-44(25-38)66-30-36(52-45)29-56-18-20-65-21-19-56/h4-9,11,13,22-25,31,36,52H,10,12,14-21,26-30H2,1-3H3,(H,51,53)(H,54,60)/t31-,36-/m1/s1. The van der Waals surface area contributed by atoms with Crippen molar-refractivity contribution in [2.45, 2.75) is 57.1 Å². The zero-order valence-corrected chi connectivity index (χ0v) is 40.0. The third-order valence-corrected chi connectivity index (χ3v) is 15.3. The summed E-state index contributed by atoms with van der Waals surface area (Å²) in [5.74, 6) is -0.519. The Bertz CT molecular complexity index is 2890. The summed E-state index contributed by atoms with van der Waals surface area (Å²) in [5.41, 5.74) is 6.63. The Labute approximate surface area is 400 Å². The molecule has 6 heterocycles. The lowest BCUT2D eigenvalue weighted by molar-refractivity contribution is -0.384. The second kappa shape index (κ2) is 18.5. The molecule has 4 aliphatic heterocycles. The molecule has 19 heteroatoms. The third-order valence-electron chi connectivity index (χ3n) is 13.7. The molecule has 3 N–H and O–H groups in total. The number of hydrogen-bond donors (Lipinski definition) is 3. The molecule has 2 aromatic heterocycles. The minimum atomic E-state index is -4.67. The molecule has 68 heavy (non-hydrogen) atoms. The topological polar surface area (TPSA) is 188 Å². The van der Waals surface area contributed by atoms with E-state index >= 15 is 0 Å². The molecule has 1 amide bonds. The van der Waals surface area contributed by atoms with Gasteiger partial charge < -0.3 is 34.3 Å². The van der Waals surface area contributed by atoms with Crippen molar-refractivity contribution < 1.29 is 32.3 Å². The predicted molar refractivity (Wildman–Crippen MR) is 262 cm³/mol. The number of halogens is 1. The first-order valence-electron chi connectivity index (χ1n) is 23.3. The molecule has 2 atom stereocenters. The van der Waals surface area contributed by atoms with Gasteiger partial charge in [0.2, 0.25) is 5.88 Å². The number of nitrogens with one attached hydrogen (secondary N) is 3. The summed E-state index contributed by atoms with van der Waals surface area (Å²) in [6.07, 6.45) is 4.64. The van der Waals surface area contributed by atoms with Gasteiger partial charge in [0.05, 0.1) is 46.9 Å². The van der Waals surface area contributed by atoms with Crippen LogP contribution in [0.1, 0.15) is 56.0 Å². The molecule has 0 radical (unpaired) electrons. The van der Waals surface area contributed by atoms with Gasteiger partial charge in [0, 0.05) is 86.8 Å². The minimum Gasteiger partial charge on any atom is -0.489 e. The Kier molecular flexibility index (Phi) is 12.5. The van der Waals surface area contributed by atoms with Gasteiger partial charge in [-0.25, -0.2) is 13.1 Å². The maximum absolute atomic E-state index is 14.5. The number of amides is 1. The van der Waals surface area contributed by atoms with Crippen molar-refractivity contribution in [3.05, 3.63) is 105 Å². The number of carbonyl (C=O) groups is 1. The number of nitro benzene ring substituents is 1. The number of H-pyrrole nitrogens is 1. The number of nitro groups is 1. The van der Waals surface area contributed by atoms with E-state index < -0.39 is 31.4 Å². The first-order valence-corrected chi connectivity index (χ1v) is 25.1. The van der Waals surface area contributed by atoms with Crippen molar-refractivity contribution in [2.75, 3.05) is 93.8 Å². The third kappa shape index (κ3) is 9.56. The number of aromatic amines is 1. The largest absolute Gasteiger partial charge is 0.489 e. The van der Waals surface area contributed by atoms with Crippen LogP contribution in [-0.4, -0.2) is 130 Å². The number of fused-ring (bicyclic) bond motifs is 3. The van der Waals surface area contributed by atoms with E-state index in [1.807, 2.05) is 48.2 Å². The number of ether oxygens (including phenoxy) is 3. The van der Waals surface area contributed by atoms with E-state index in [1.54, 1.807) is 12.3 Å². The van der Waals surface area contributed by atoms with E-state index in [9.17, 15) is 23.3 Å². The number of nitrogens with zero attached hydrogens (tertiary/aromatic N) is 6. The minimum absolute atomic E-state index is 0.0132. The molecule has 3 aromatic carbocycles. The summed E-state index contributed by atoms with van der Waals surface area (Å²) in [6, 6.07) is 19.4. The van der Waals surface area contributed by atoms with Gasteiger partial charge in [0.15, 0.2) is 11.4 Å². The van der Waals surface area contributed by atoms with E-state index in [0.29, 0.717) is 49.2 Å². The zero-order valence-electron chi connectivity index (χ0n) is 38.4. The van der Waals surface area contributed by atoms with Gasteiger partial charge >= 0.3 is 0 Å². The maximum Gasteiger partial charge on any atom is 0.297 e. The van der Waals surface area contributed by atoms with Crippen LogP contribution in [0.2, 0.25) is 5.02 Å². The molecule has 2 saturated heterocycles. The van der Waals surface area contributed by atoms with Crippen LogP contribution in [0.3, 0.4) is 0 Å². The smallest absolute Gasteiger partial charge is 0.297 e. The summed E-state index contributed by atoms with van der Waals surface area (Å²) in [5, 5.41) is 17.2. The number of piperazine rings is 1. The number of benzene rings is 3. The van der Waals surface area contributed by atoms with Crippen LogP contribution in [0.5, 0.6) is 11.6 Å². The van der Waals surface area contributed by atoms with Crippen LogP contribution in [0.25, 0.3) is 16.6 Å². The lowest BCUT2D eigenvalue weighted by Gasteiger charge is -2.40. The average Bonchev–Trinajstić information content (AvgIpc) is 3.78. The fraction of sp³-hybridized carbons (Fsp3) is 0.429. The number of allylic oxidation sites excluding steroid dienone is 1. The van der Waals surface area contributed by atoms with Crippen molar-refractivity contribution in [2.24, 2.45) is 5.41 Å². The Morgan fingerprint density at radius 1 is 0.985 bits per heavy atom. The Morgan fingerprint density at radius 2 is 1.76 bits per heavy atom. The number of carbonyl (C=O) groups excluding carboxylic acids is 1. The maximum atomic E-state index is 14.5. The molecule has 0 unspecified atom stereocenters. The highest BCUT2D eigenvalue weighted by Gasteiger charge is 2.35. The number of rotatable bonds is 11. The van der Waals surface area contributed by atoms with Crippen LogP contribution < -0.4 is 29.3 Å². The molecule has 358 valence electrons. The van der Waals surface area contributed by atoms with E-state index in [4.69, 9.17) is 30.8 Å². The van der Waals surface area contributed by atoms with Crippen molar-refractivity contribution in [3.8, 4) is 11.6 Å². The predicted octanol–water partition coefficient (Wildman–Crippen LogP) is 7.45. The summed E-state index contributed by atoms with van der Waals surface area (Å²) in [6.45, 7) is 14.3. The van der Waals surface area contributed by atoms with E-state index in [-0.39, 0.29) is 41.2 Å². The van der Waals surface area contributed by atoms with Gasteiger partial charge in [-0.3, -0.25) is 24.7 Å². The SMILES string of the molecule is C[C@@H]1CN(c2cc(N3CCN(CC4=C(c5ccc(Cl)cc5)CC(C)(C)CC4)CC3)ccc2C(=O)NS(=O)(=O)c2cc3c(c([N+](=O)[O-])c2)N[C@H](CN2CCOCC2)CO3)c2cc3cc[nH]c3nc2O1. The number of aromatic nitrogens is 2. The molecular formula is C49H56ClN9O8S. The van der Waals surface area contributed by atoms with Crippen molar-refractivity contribution in [1.29, 1.82) is 0 Å². The lowest BCUT2D eigenvalue weighted by Crippen LogP contribution is -2.47. The Morgan fingerprint density at radius 3 is 2.53 bits per heavy atom. The monoisotopic (exact) mass is 965 g/mol. The molecule has 2 fully saturated rings.